The summed E-state index contributed by atoms with van der Waals surface area (Å²) >= 11 is 0. The fourth-order valence-corrected chi connectivity index (χ4v) is 4.11. The molecule has 0 bridgehead atoms. The van der Waals surface area contributed by atoms with Crippen molar-refractivity contribution in [2.45, 2.75) is 51.7 Å². The number of aromatic nitrogens is 2. The van der Waals surface area contributed by atoms with E-state index in [1.54, 1.807) is 0 Å². The molecule has 1 fully saturated rings. The molecular formula is C22H28N4O2. The van der Waals surface area contributed by atoms with Gasteiger partial charge in [0.25, 0.3) is 5.91 Å². The molecule has 28 heavy (non-hydrogen) atoms. The van der Waals surface area contributed by atoms with Gasteiger partial charge in [-0.3, -0.25) is 4.79 Å². The molecule has 1 aliphatic heterocycles. The van der Waals surface area contributed by atoms with Crippen molar-refractivity contribution in [2.24, 2.45) is 5.92 Å². The quantitative estimate of drug-likeness (QED) is 0.884. The van der Waals surface area contributed by atoms with Crippen LogP contribution in [0.2, 0.25) is 0 Å². The lowest BCUT2D eigenvalue weighted by Crippen LogP contribution is -2.49. The molecule has 1 aromatic heterocycles. The van der Waals surface area contributed by atoms with E-state index in [0.29, 0.717) is 24.7 Å². The normalized spacial score (nSPS) is 22.2. The van der Waals surface area contributed by atoms with Gasteiger partial charge in [-0.25, -0.2) is 9.97 Å². The van der Waals surface area contributed by atoms with Crippen LogP contribution in [0.3, 0.4) is 0 Å². The molecular weight excluding hydrogens is 352 g/mol. The lowest BCUT2D eigenvalue weighted by molar-refractivity contribution is -0.0955. The second-order valence-electron chi connectivity index (χ2n) is 8.09. The Labute approximate surface area is 166 Å². The topological polar surface area (TPSA) is 81.3 Å². The molecule has 1 amide bonds. The first kappa shape index (κ1) is 18.9. The van der Waals surface area contributed by atoms with Crippen LogP contribution in [0.1, 0.15) is 60.1 Å². The minimum absolute atomic E-state index is 0.0158. The van der Waals surface area contributed by atoms with Gasteiger partial charge in [0, 0.05) is 17.8 Å². The zero-order chi connectivity index (χ0) is 19.7. The van der Waals surface area contributed by atoms with Crippen molar-refractivity contribution >= 4 is 11.9 Å². The number of fused-ring (bicyclic) bond motifs is 1. The van der Waals surface area contributed by atoms with Crippen molar-refractivity contribution in [2.75, 3.05) is 18.8 Å². The number of carbonyl (C=O) groups is 1. The first-order chi connectivity index (χ1) is 13.5. The van der Waals surface area contributed by atoms with Gasteiger partial charge in [0.2, 0.25) is 5.95 Å². The van der Waals surface area contributed by atoms with Gasteiger partial charge < -0.3 is 15.4 Å². The number of nitrogens with two attached hydrogens (primary N) is 1. The van der Waals surface area contributed by atoms with E-state index in [9.17, 15) is 4.79 Å². The van der Waals surface area contributed by atoms with E-state index in [2.05, 4.69) is 35.9 Å². The molecule has 1 aromatic carbocycles. The van der Waals surface area contributed by atoms with E-state index >= 15 is 0 Å². The molecule has 2 atom stereocenters. The molecule has 148 valence electrons. The maximum atomic E-state index is 13.5. The van der Waals surface area contributed by atoms with Crippen LogP contribution in [0.5, 0.6) is 0 Å². The van der Waals surface area contributed by atoms with Crippen LogP contribution in [0.4, 0.5) is 5.95 Å². The van der Waals surface area contributed by atoms with Crippen molar-refractivity contribution in [3.05, 3.63) is 52.8 Å². The Hall–Kier alpha value is -2.47. The number of carbonyl (C=O) groups excluding carboxylic acids is 1. The number of amides is 1. The molecule has 0 radical (unpaired) electrons. The summed E-state index contributed by atoms with van der Waals surface area (Å²) in [6, 6.07) is 10.1. The highest BCUT2D eigenvalue weighted by Crippen LogP contribution is 2.30. The van der Waals surface area contributed by atoms with Crippen molar-refractivity contribution in [3.8, 4) is 0 Å². The van der Waals surface area contributed by atoms with Crippen LogP contribution in [0, 0.1) is 5.92 Å². The number of ether oxygens (including phenoxy) is 1. The minimum atomic E-state index is -0.138. The first-order valence-electron chi connectivity index (χ1n) is 10.2. The van der Waals surface area contributed by atoms with E-state index in [1.807, 2.05) is 23.1 Å². The van der Waals surface area contributed by atoms with E-state index in [1.165, 1.54) is 0 Å². The number of anilines is 1. The molecule has 1 aliphatic carbocycles. The number of nitrogens with zero attached hydrogens (tertiary/aromatic N) is 3. The molecule has 0 spiro atoms. The molecule has 2 aliphatic rings. The Kier molecular flexibility index (Phi) is 5.31. The molecule has 2 aromatic rings. The highest BCUT2D eigenvalue weighted by atomic mass is 16.5. The van der Waals surface area contributed by atoms with Crippen LogP contribution in [0.25, 0.3) is 0 Å². The van der Waals surface area contributed by atoms with E-state index < -0.39 is 0 Å². The second kappa shape index (κ2) is 7.87. The highest BCUT2D eigenvalue weighted by molar-refractivity contribution is 5.94. The lowest BCUT2D eigenvalue weighted by Gasteiger charge is -2.40. The predicted octanol–water partition coefficient (Wildman–Crippen LogP) is 3.18. The van der Waals surface area contributed by atoms with Crippen molar-refractivity contribution in [1.82, 2.24) is 14.9 Å². The molecule has 2 N–H and O–H groups in total. The predicted molar refractivity (Wildman–Crippen MR) is 108 cm³/mol. The van der Waals surface area contributed by atoms with E-state index in [0.717, 1.165) is 42.5 Å². The van der Waals surface area contributed by atoms with Gasteiger partial charge >= 0.3 is 0 Å². The zero-order valence-electron chi connectivity index (χ0n) is 16.6. The summed E-state index contributed by atoms with van der Waals surface area (Å²) in [5, 5.41) is 0. The third-order valence-electron chi connectivity index (χ3n) is 5.73. The van der Waals surface area contributed by atoms with Crippen LogP contribution in [0.15, 0.2) is 30.3 Å². The molecule has 6 nitrogen and oxygen atoms in total. The molecule has 4 rings (SSSR count). The number of hydrogen-bond donors (Lipinski definition) is 1. The lowest BCUT2D eigenvalue weighted by atomic mass is 9.93. The second-order valence-corrected chi connectivity index (χ2v) is 8.09. The van der Waals surface area contributed by atoms with Gasteiger partial charge in [-0.15, -0.1) is 0 Å². The van der Waals surface area contributed by atoms with Crippen molar-refractivity contribution in [3.63, 3.8) is 0 Å². The third-order valence-corrected chi connectivity index (χ3v) is 5.73. The van der Waals surface area contributed by atoms with Crippen LogP contribution in [-0.2, 0) is 17.6 Å². The zero-order valence-corrected chi connectivity index (χ0v) is 16.6. The summed E-state index contributed by atoms with van der Waals surface area (Å²) < 4.78 is 6.34. The number of nitrogen functional groups attached to an aromatic ring is 1. The number of benzene rings is 1. The Morgan fingerprint density at radius 2 is 1.89 bits per heavy atom. The van der Waals surface area contributed by atoms with Gasteiger partial charge in [0.1, 0.15) is 11.8 Å². The van der Waals surface area contributed by atoms with Gasteiger partial charge in [0.15, 0.2) is 0 Å². The Morgan fingerprint density at radius 1 is 1.14 bits per heavy atom. The van der Waals surface area contributed by atoms with Crippen molar-refractivity contribution in [1.29, 1.82) is 0 Å². The SMILES string of the molecule is CC(C)[C@H]1CN(C(=O)c2nc(N)nc3c2CCCC3)C[C@@H](c2ccccc2)O1. The Bertz CT molecular complexity index is 853. The fraction of sp³-hybridized carbons (Fsp3) is 0.500. The van der Waals surface area contributed by atoms with Gasteiger partial charge in [-0.05, 0) is 37.2 Å². The molecule has 0 unspecified atom stereocenters. The Morgan fingerprint density at radius 3 is 2.64 bits per heavy atom. The first-order valence-corrected chi connectivity index (χ1v) is 10.2. The minimum Gasteiger partial charge on any atom is -0.368 e. The number of hydrogen-bond acceptors (Lipinski definition) is 5. The standard InChI is InChI=1S/C22H28N4O2/c1-14(2)18-12-26(13-19(28-18)15-8-4-3-5-9-15)21(27)20-16-10-6-7-11-17(16)24-22(23)25-20/h3-5,8-9,14,18-19H,6-7,10-13H2,1-2H3,(H2,23,24,25)/t18-,19+/m1/s1. The number of rotatable bonds is 3. The highest BCUT2D eigenvalue weighted by Gasteiger charge is 2.35. The molecule has 1 saturated heterocycles. The smallest absolute Gasteiger partial charge is 0.273 e. The monoisotopic (exact) mass is 380 g/mol. The molecule has 0 saturated carbocycles. The van der Waals surface area contributed by atoms with Gasteiger partial charge in [0.05, 0.1) is 12.6 Å². The maximum absolute atomic E-state index is 13.5. The van der Waals surface area contributed by atoms with Crippen LogP contribution in [-0.4, -0.2) is 40.0 Å². The Balaban J connectivity index is 1.65. The van der Waals surface area contributed by atoms with Crippen LogP contribution >= 0.6 is 0 Å². The molecule has 2 heterocycles. The average Bonchev–Trinajstić information content (AvgIpc) is 2.72. The maximum Gasteiger partial charge on any atom is 0.273 e. The van der Waals surface area contributed by atoms with Gasteiger partial charge in [-0.2, -0.15) is 0 Å². The molecule has 6 heteroatoms. The number of aryl methyl sites for hydroxylation is 1. The third kappa shape index (κ3) is 3.74. The fourth-order valence-electron chi connectivity index (χ4n) is 4.11. The summed E-state index contributed by atoms with van der Waals surface area (Å²) in [4.78, 5) is 24.1. The van der Waals surface area contributed by atoms with E-state index in [-0.39, 0.29) is 24.1 Å². The summed E-state index contributed by atoms with van der Waals surface area (Å²) in [5.74, 6) is 0.450. The summed E-state index contributed by atoms with van der Waals surface area (Å²) in [6.07, 6.45) is 3.70. The van der Waals surface area contributed by atoms with Crippen molar-refractivity contribution < 1.29 is 9.53 Å². The number of morpholine rings is 1. The summed E-state index contributed by atoms with van der Waals surface area (Å²) in [5.41, 5.74) is 9.42. The van der Waals surface area contributed by atoms with E-state index in [4.69, 9.17) is 10.5 Å². The van der Waals surface area contributed by atoms with Crippen LogP contribution < -0.4 is 5.73 Å². The average molecular weight is 380 g/mol. The summed E-state index contributed by atoms with van der Waals surface area (Å²) in [6.45, 7) is 5.35. The summed E-state index contributed by atoms with van der Waals surface area (Å²) in [7, 11) is 0. The largest absolute Gasteiger partial charge is 0.368 e. The van der Waals surface area contributed by atoms with Gasteiger partial charge in [-0.1, -0.05) is 44.2 Å².